The van der Waals surface area contributed by atoms with Gasteiger partial charge in [0.2, 0.25) is 0 Å². The molecule has 1 amide bonds. The summed E-state index contributed by atoms with van der Waals surface area (Å²) < 4.78 is 5.18. The number of carbonyl (C=O) groups is 1. The Labute approximate surface area is 113 Å². The van der Waals surface area contributed by atoms with Crippen molar-refractivity contribution in [2.24, 2.45) is 0 Å². The standard InChI is InChI=1S/C13H19ClN2O2/c1-15-7-4-8-16(2)13(17)11-6-5-10(14)9-12(11)18-3/h5-6,9,15H,4,7-8H2,1-3H3. The number of amides is 1. The van der Waals surface area contributed by atoms with Crippen LogP contribution in [0.1, 0.15) is 16.8 Å². The van der Waals surface area contributed by atoms with Gasteiger partial charge in [-0.05, 0) is 38.2 Å². The number of carbonyl (C=O) groups excluding carboxylic acids is 1. The van der Waals surface area contributed by atoms with Gasteiger partial charge in [-0.1, -0.05) is 11.6 Å². The van der Waals surface area contributed by atoms with E-state index in [0.29, 0.717) is 22.9 Å². The van der Waals surface area contributed by atoms with Gasteiger partial charge in [-0.2, -0.15) is 0 Å². The van der Waals surface area contributed by atoms with E-state index in [4.69, 9.17) is 16.3 Å². The average Bonchev–Trinajstić information content (AvgIpc) is 2.37. The van der Waals surface area contributed by atoms with Gasteiger partial charge in [-0.25, -0.2) is 0 Å². The number of halogens is 1. The highest BCUT2D eigenvalue weighted by Crippen LogP contribution is 2.24. The molecule has 1 N–H and O–H groups in total. The average molecular weight is 271 g/mol. The normalized spacial score (nSPS) is 10.2. The van der Waals surface area contributed by atoms with Gasteiger partial charge in [0.15, 0.2) is 0 Å². The summed E-state index contributed by atoms with van der Waals surface area (Å²) in [6.45, 7) is 1.58. The molecule has 5 heteroatoms. The number of nitrogens with one attached hydrogen (secondary N) is 1. The summed E-state index contributed by atoms with van der Waals surface area (Å²) in [5.41, 5.74) is 0.536. The maximum Gasteiger partial charge on any atom is 0.257 e. The van der Waals surface area contributed by atoms with Gasteiger partial charge in [0, 0.05) is 18.6 Å². The molecule has 0 saturated heterocycles. The fraction of sp³-hybridized carbons (Fsp3) is 0.462. The molecule has 1 aromatic carbocycles. The van der Waals surface area contributed by atoms with Crippen LogP contribution in [0.4, 0.5) is 0 Å². The molecule has 0 unspecified atom stereocenters. The van der Waals surface area contributed by atoms with E-state index in [1.165, 1.54) is 7.11 Å². The van der Waals surface area contributed by atoms with E-state index in [1.807, 2.05) is 7.05 Å². The number of methoxy groups -OCH3 is 1. The van der Waals surface area contributed by atoms with Crippen LogP contribution in [-0.2, 0) is 0 Å². The summed E-state index contributed by atoms with van der Waals surface area (Å²) in [6.07, 6.45) is 0.911. The third-order valence-corrected chi connectivity index (χ3v) is 2.90. The highest BCUT2D eigenvalue weighted by molar-refractivity contribution is 6.30. The fourth-order valence-corrected chi connectivity index (χ4v) is 1.80. The van der Waals surface area contributed by atoms with Gasteiger partial charge in [-0.15, -0.1) is 0 Å². The zero-order valence-electron chi connectivity index (χ0n) is 11.0. The lowest BCUT2D eigenvalue weighted by molar-refractivity contribution is 0.0790. The first-order chi connectivity index (χ1) is 8.60. The van der Waals surface area contributed by atoms with Crippen molar-refractivity contribution >= 4 is 17.5 Å². The van der Waals surface area contributed by atoms with Crippen LogP contribution in [0.3, 0.4) is 0 Å². The van der Waals surface area contributed by atoms with Gasteiger partial charge in [0.25, 0.3) is 5.91 Å². The van der Waals surface area contributed by atoms with Crippen LogP contribution in [0.15, 0.2) is 18.2 Å². The highest BCUT2D eigenvalue weighted by Gasteiger charge is 2.16. The van der Waals surface area contributed by atoms with Crippen LogP contribution in [0, 0.1) is 0 Å². The largest absolute Gasteiger partial charge is 0.496 e. The zero-order valence-corrected chi connectivity index (χ0v) is 11.8. The van der Waals surface area contributed by atoms with Gasteiger partial charge >= 0.3 is 0 Å². The van der Waals surface area contributed by atoms with Crippen LogP contribution in [0.5, 0.6) is 5.75 Å². The summed E-state index contributed by atoms with van der Waals surface area (Å²) in [6, 6.07) is 5.03. The number of nitrogens with zero attached hydrogens (tertiary/aromatic N) is 1. The van der Waals surface area contributed by atoms with Gasteiger partial charge < -0.3 is 15.0 Å². The lowest BCUT2D eigenvalue weighted by Crippen LogP contribution is -2.29. The van der Waals surface area contributed by atoms with E-state index in [1.54, 1.807) is 30.1 Å². The second-order valence-electron chi connectivity index (χ2n) is 4.03. The number of hydrogen-bond donors (Lipinski definition) is 1. The Morgan fingerprint density at radius 1 is 1.50 bits per heavy atom. The molecule has 0 spiro atoms. The number of hydrogen-bond acceptors (Lipinski definition) is 3. The molecule has 0 fully saturated rings. The summed E-state index contributed by atoms with van der Waals surface area (Å²) >= 11 is 5.87. The Morgan fingerprint density at radius 3 is 2.83 bits per heavy atom. The molecular weight excluding hydrogens is 252 g/mol. The Morgan fingerprint density at radius 2 is 2.22 bits per heavy atom. The lowest BCUT2D eigenvalue weighted by Gasteiger charge is -2.18. The van der Waals surface area contributed by atoms with Crippen molar-refractivity contribution in [1.29, 1.82) is 0 Å². The monoisotopic (exact) mass is 270 g/mol. The van der Waals surface area contributed by atoms with Crippen molar-refractivity contribution in [1.82, 2.24) is 10.2 Å². The van der Waals surface area contributed by atoms with Crippen molar-refractivity contribution in [3.63, 3.8) is 0 Å². The molecule has 0 aliphatic heterocycles. The van der Waals surface area contributed by atoms with Crippen molar-refractivity contribution in [2.75, 3.05) is 34.3 Å². The SMILES string of the molecule is CNCCCN(C)C(=O)c1ccc(Cl)cc1OC. The molecule has 0 aromatic heterocycles. The zero-order chi connectivity index (χ0) is 13.5. The Balaban J connectivity index is 2.76. The quantitative estimate of drug-likeness (QED) is 0.805. The molecule has 1 rings (SSSR count). The molecule has 4 nitrogen and oxygen atoms in total. The molecule has 0 aliphatic carbocycles. The molecular formula is C13H19ClN2O2. The van der Waals surface area contributed by atoms with Crippen LogP contribution in [-0.4, -0.2) is 45.1 Å². The maximum absolute atomic E-state index is 12.2. The summed E-state index contributed by atoms with van der Waals surface area (Å²) in [4.78, 5) is 13.9. The second-order valence-corrected chi connectivity index (χ2v) is 4.46. The summed E-state index contributed by atoms with van der Waals surface area (Å²) in [5.74, 6) is 0.451. The topological polar surface area (TPSA) is 41.6 Å². The van der Waals surface area contributed by atoms with Crippen molar-refractivity contribution in [3.8, 4) is 5.75 Å². The minimum Gasteiger partial charge on any atom is -0.496 e. The first-order valence-corrected chi connectivity index (χ1v) is 6.21. The van der Waals surface area contributed by atoms with E-state index in [9.17, 15) is 4.79 Å². The lowest BCUT2D eigenvalue weighted by atomic mass is 10.1. The number of ether oxygens (including phenoxy) is 1. The molecule has 0 bridgehead atoms. The van der Waals surface area contributed by atoms with E-state index in [2.05, 4.69) is 5.32 Å². The van der Waals surface area contributed by atoms with Gasteiger partial charge in [-0.3, -0.25) is 4.79 Å². The molecule has 100 valence electrons. The fourth-order valence-electron chi connectivity index (χ4n) is 1.64. The highest BCUT2D eigenvalue weighted by atomic mass is 35.5. The minimum absolute atomic E-state index is 0.0559. The molecule has 0 aliphatic rings. The van der Waals surface area contributed by atoms with Crippen molar-refractivity contribution in [3.05, 3.63) is 28.8 Å². The Hall–Kier alpha value is -1.26. The number of benzene rings is 1. The maximum atomic E-state index is 12.2. The van der Waals surface area contributed by atoms with E-state index in [-0.39, 0.29) is 5.91 Å². The van der Waals surface area contributed by atoms with Gasteiger partial charge in [0.1, 0.15) is 5.75 Å². The van der Waals surface area contributed by atoms with Gasteiger partial charge in [0.05, 0.1) is 12.7 Å². The predicted molar refractivity (Wildman–Crippen MR) is 73.5 cm³/mol. The predicted octanol–water partition coefficient (Wildman–Crippen LogP) is 2.03. The van der Waals surface area contributed by atoms with Crippen molar-refractivity contribution in [2.45, 2.75) is 6.42 Å². The smallest absolute Gasteiger partial charge is 0.257 e. The van der Waals surface area contributed by atoms with E-state index in [0.717, 1.165) is 13.0 Å². The third-order valence-electron chi connectivity index (χ3n) is 2.66. The summed E-state index contributed by atoms with van der Waals surface area (Å²) in [7, 11) is 5.21. The molecule has 0 heterocycles. The molecule has 0 saturated carbocycles. The third kappa shape index (κ3) is 3.89. The minimum atomic E-state index is -0.0559. The second kappa shape index (κ2) is 7.24. The molecule has 0 atom stereocenters. The summed E-state index contributed by atoms with van der Waals surface area (Å²) in [5, 5.41) is 3.61. The van der Waals surface area contributed by atoms with E-state index < -0.39 is 0 Å². The first kappa shape index (κ1) is 14.8. The Kier molecular flexibility index (Phi) is 5.95. The first-order valence-electron chi connectivity index (χ1n) is 5.83. The van der Waals surface area contributed by atoms with Crippen LogP contribution in [0.25, 0.3) is 0 Å². The van der Waals surface area contributed by atoms with Crippen molar-refractivity contribution < 1.29 is 9.53 Å². The Bertz CT molecular complexity index is 410. The number of rotatable bonds is 6. The van der Waals surface area contributed by atoms with Crippen LogP contribution in [0.2, 0.25) is 5.02 Å². The molecule has 0 radical (unpaired) electrons. The molecule has 18 heavy (non-hydrogen) atoms. The molecule has 1 aromatic rings. The van der Waals surface area contributed by atoms with E-state index >= 15 is 0 Å². The van der Waals surface area contributed by atoms with Crippen LogP contribution < -0.4 is 10.1 Å². The van der Waals surface area contributed by atoms with Crippen LogP contribution >= 0.6 is 11.6 Å².